The van der Waals surface area contributed by atoms with Crippen molar-refractivity contribution in [2.45, 2.75) is 194 Å². The van der Waals surface area contributed by atoms with E-state index in [-0.39, 0.29) is 0 Å². The third-order valence-corrected chi connectivity index (χ3v) is 7.73. The molecule has 0 atom stereocenters. The molecule has 206 valence electrons. The van der Waals surface area contributed by atoms with Crippen molar-refractivity contribution in [3.8, 4) is 0 Å². The van der Waals surface area contributed by atoms with E-state index in [4.69, 9.17) is 0 Å². The van der Waals surface area contributed by atoms with Gasteiger partial charge in [-0.1, -0.05) is 175 Å². The molecule has 0 amide bonds. The van der Waals surface area contributed by atoms with Gasteiger partial charge in [0.05, 0.1) is 0 Å². The quantitative estimate of drug-likeness (QED) is 0.0925. The van der Waals surface area contributed by atoms with Gasteiger partial charge in [-0.05, 0) is 38.9 Å². The molecule has 0 fully saturated rings. The van der Waals surface area contributed by atoms with Crippen molar-refractivity contribution in [1.29, 1.82) is 0 Å². The largest absolute Gasteiger partial charge is 0.303 e. The Labute approximate surface area is 218 Å². The minimum absolute atomic E-state index is 1.36. The normalized spacial score (nSPS) is 11.6. The van der Waals surface area contributed by atoms with Crippen LogP contribution in [0.4, 0.5) is 0 Å². The SMILES string of the molecule is CCCCCCCCCCCCCCCN(CCCCCCCCC)CCCCCCCCC. The number of unbranched alkanes of at least 4 members (excludes halogenated alkanes) is 24. The zero-order valence-electron chi connectivity index (χ0n) is 24.7. The lowest BCUT2D eigenvalue weighted by Crippen LogP contribution is -2.27. The molecule has 0 N–H and O–H groups in total. The molecule has 0 saturated carbocycles. The Morgan fingerprint density at radius 1 is 0.235 bits per heavy atom. The van der Waals surface area contributed by atoms with Crippen LogP contribution in [0, 0.1) is 0 Å². The molecule has 1 heteroatoms. The van der Waals surface area contributed by atoms with Gasteiger partial charge < -0.3 is 4.90 Å². The summed E-state index contributed by atoms with van der Waals surface area (Å²) in [6.07, 6.45) is 39.1. The molecule has 0 bridgehead atoms. The average Bonchev–Trinajstić information content (AvgIpc) is 2.85. The molecule has 0 aromatic heterocycles. The second-order valence-electron chi connectivity index (χ2n) is 11.3. The van der Waals surface area contributed by atoms with Crippen LogP contribution < -0.4 is 0 Å². The fourth-order valence-corrected chi connectivity index (χ4v) is 5.27. The first-order valence-electron chi connectivity index (χ1n) is 16.6. The maximum absolute atomic E-state index is 2.83. The Kier molecular flexibility index (Phi) is 31.0. The van der Waals surface area contributed by atoms with Crippen LogP contribution in [0.3, 0.4) is 0 Å². The van der Waals surface area contributed by atoms with E-state index in [0.717, 1.165) is 0 Å². The Morgan fingerprint density at radius 2 is 0.412 bits per heavy atom. The summed E-state index contributed by atoms with van der Waals surface area (Å²) in [5, 5.41) is 0. The molecular formula is C33H69N. The van der Waals surface area contributed by atoms with E-state index in [9.17, 15) is 0 Å². The van der Waals surface area contributed by atoms with Gasteiger partial charge in [-0.15, -0.1) is 0 Å². The van der Waals surface area contributed by atoms with Crippen LogP contribution in [0.15, 0.2) is 0 Å². The summed E-state index contributed by atoms with van der Waals surface area (Å²) in [6, 6.07) is 0. The molecule has 0 saturated heterocycles. The lowest BCUT2D eigenvalue weighted by molar-refractivity contribution is 0.254. The first-order valence-corrected chi connectivity index (χ1v) is 16.6. The van der Waals surface area contributed by atoms with Gasteiger partial charge in [-0.3, -0.25) is 0 Å². The van der Waals surface area contributed by atoms with Crippen molar-refractivity contribution in [3.63, 3.8) is 0 Å². The lowest BCUT2D eigenvalue weighted by atomic mass is 10.0. The van der Waals surface area contributed by atoms with Crippen molar-refractivity contribution in [2.24, 2.45) is 0 Å². The van der Waals surface area contributed by atoms with E-state index in [1.54, 1.807) is 0 Å². The molecule has 0 aromatic rings. The van der Waals surface area contributed by atoms with Crippen LogP contribution in [0.2, 0.25) is 0 Å². The van der Waals surface area contributed by atoms with Crippen molar-refractivity contribution in [1.82, 2.24) is 4.90 Å². The fourth-order valence-electron chi connectivity index (χ4n) is 5.27. The van der Waals surface area contributed by atoms with E-state index < -0.39 is 0 Å². The van der Waals surface area contributed by atoms with Crippen LogP contribution >= 0.6 is 0 Å². The average molecular weight is 480 g/mol. The standard InChI is InChI=1S/C33H69N/c1-4-7-10-13-16-17-18-19-20-21-24-27-30-33-34(31-28-25-22-14-11-8-5-2)32-29-26-23-15-12-9-6-3/h4-33H2,1-3H3. The zero-order chi connectivity index (χ0) is 24.8. The summed E-state index contributed by atoms with van der Waals surface area (Å²) in [6.45, 7) is 11.0. The second-order valence-corrected chi connectivity index (χ2v) is 11.3. The van der Waals surface area contributed by atoms with Crippen LogP contribution in [-0.2, 0) is 0 Å². The van der Waals surface area contributed by atoms with E-state index >= 15 is 0 Å². The van der Waals surface area contributed by atoms with Crippen LogP contribution in [0.5, 0.6) is 0 Å². The van der Waals surface area contributed by atoms with E-state index in [1.165, 1.54) is 193 Å². The van der Waals surface area contributed by atoms with Crippen LogP contribution in [0.25, 0.3) is 0 Å². The molecule has 0 radical (unpaired) electrons. The third kappa shape index (κ3) is 28.2. The molecule has 0 spiro atoms. The number of rotatable bonds is 30. The van der Waals surface area contributed by atoms with E-state index in [1.807, 2.05) is 0 Å². The van der Waals surface area contributed by atoms with Crippen molar-refractivity contribution in [2.75, 3.05) is 19.6 Å². The Balaban J connectivity index is 3.75. The molecule has 0 aliphatic carbocycles. The van der Waals surface area contributed by atoms with Gasteiger partial charge in [0.15, 0.2) is 0 Å². The topological polar surface area (TPSA) is 3.24 Å². The Bertz CT molecular complexity index is 321. The minimum Gasteiger partial charge on any atom is -0.303 e. The summed E-state index contributed by atoms with van der Waals surface area (Å²) in [5.74, 6) is 0. The number of nitrogens with zero attached hydrogens (tertiary/aromatic N) is 1. The predicted octanol–water partition coefficient (Wildman–Crippen LogP) is 11.9. The summed E-state index contributed by atoms with van der Waals surface area (Å²) < 4.78 is 0. The second kappa shape index (κ2) is 31.0. The maximum atomic E-state index is 2.83. The monoisotopic (exact) mass is 480 g/mol. The van der Waals surface area contributed by atoms with Gasteiger partial charge in [0.25, 0.3) is 0 Å². The minimum atomic E-state index is 1.36. The summed E-state index contributed by atoms with van der Waals surface area (Å²) >= 11 is 0. The third-order valence-electron chi connectivity index (χ3n) is 7.73. The molecule has 0 unspecified atom stereocenters. The maximum Gasteiger partial charge on any atom is -0.00187 e. The molecule has 0 aromatic carbocycles. The predicted molar refractivity (Wildman–Crippen MR) is 158 cm³/mol. The van der Waals surface area contributed by atoms with Gasteiger partial charge in [-0.2, -0.15) is 0 Å². The molecule has 0 aliphatic rings. The zero-order valence-corrected chi connectivity index (χ0v) is 24.7. The number of hydrogen-bond acceptors (Lipinski definition) is 1. The van der Waals surface area contributed by atoms with Crippen LogP contribution in [-0.4, -0.2) is 24.5 Å². The first-order chi connectivity index (χ1) is 16.8. The van der Waals surface area contributed by atoms with Crippen LogP contribution in [0.1, 0.15) is 194 Å². The molecule has 1 nitrogen and oxygen atoms in total. The lowest BCUT2D eigenvalue weighted by Gasteiger charge is -2.22. The van der Waals surface area contributed by atoms with Gasteiger partial charge in [0.1, 0.15) is 0 Å². The summed E-state index contributed by atoms with van der Waals surface area (Å²) in [4.78, 5) is 2.83. The molecule has 0 heterocycles. The van der Waals surface area contributed by atoms with E-state index in [2.05, 4.69) is 25.7 Å². The highest BCUT2D eigenvalue weighted by atomic mass is 15.1. The van der Waals surface area contributed by atoms with Crippen molar-refractivity contribution < 1.29 is 0 Å². The van der Waals surface area contributed by atoms with Crippen molar-refractivity contribution >= 4 is 0 Å². The highest BCUT2D eigenvalue weighted by molar-refractivity contribution is 4.61. The summed E-state index contributed by atoms with van der Waals surface area (Å²) in [7, 11) is 0. The van der Waals surface area contributed by atoms with Gasteiger partial charge >= 0.3 is 0 Å². The molecular weight excluding hydrogens is 410 g/mol. The smallest absolute Gasteiger partial charge is 0.00187 e. The molecule has 34 heavy (non-hydrogen) atoms. The summed E-state index contributed by atoms with van der Waals surface area (Å²) in [5.41, 5.74) is 0. The highest BCUT2D eigenvalue weighted by Crippen LogP contribution is 2.14. The first kappa shape index (κ1) is 34.0. The van der Waals surface area contributed by atoms with Crippen molar-refractivity contribution in [3.05, 3.63) is 0 Å². The molecule has 0 aliphatic heterocycles. The number of hydrogen-bond donors (Lipinski definition) is 0. The fraction of sp³-hybridized carbons (Fsp3) is 1.00. The van der Waals surface area contributed by atoms with E-state index in [0.29, 0.717) is 0 Å². The van der Waals surface area contributed by atoms with Gasteiger partial charge in [-0.25, -0.2) is 0 Å². The Morgan fingerprint density at radius 3 is 0.618 bits per heavy atom. The highest BCUT2D eigenvalue weighted by Gasteiger charge is 2.05. The van der Waals surface area contributed by atoms with Gasteiger partial charge in [0, 0.05) is 0 Å². The molecule has 0 rings (SSSR count). The van der Waals surface area contributed by atoms with Gasteiger partial charge in [0.2, 0.25) is 0 Å². The Hall–Kier alpha value is -0.0400.